The van der Waals surface area contributed by atoms with Gasteiger partial charge < -0.3 is 14.8 Å². The molecule has 0 aliphatic carbocycles. The highest BCUT2D eigenvalue weighted by Gasteiger charge is 2.10. The molecule has 106 valence electrons. The highest BCUT2D eigenvalue weighted by molar-refractivity contribution is 6.04. The first-order valence-corrected chi connectivity index (χ1v) is 6.67. The molecule has 0 spiro atoms. The Labute approximate surface area is 122 Å². The molecule has 21 heavy (non-hydrogen) atoms. The lowest BCUT2D eigenvalue weighted by Crippen LogP contribution is -1.83. The highest BCUT2D eigenvalue weighted by Crippen LogP contribution is 2.29. The largest absolute Gasteiger partial charge is 0.497 e. The summed E-state index contributed by atoms with van der Waals surface area (Å²) in [6.07, 6.45) is 1.68. The maximum atomic E-state index is 10.1. The van der Waals surface area contributed by atoms with E-state index in [1.54, 1.807) is 13.3 Å². The number of hydrogen-bond donors (Lipinski definition) is 2. The number of rotatable bonds is 3. The van der Waals surface area contributed by atoms with Crippen molar-refractivity contribution in [3.05, 3.63) is 53.6 Å². The minimum Gasteiger partial charge on any atom is -0.497 e. The summed E-state index contributed by atoms with van der Waals surface area (Å²) in [5, 5.41) is 11.0. The number of aromatic amines is 1. The average Bonchev–Trinajstić information content (AvgIpc) is 2.82. The van der Waals surface area contributed by atoms with Crippen molar-refractivity contribution in [3.63, 3.8) is 0 Å². The molecule has 0 radical (unpaired) electrons. The molecule has 0 unspecified atom stereocenters. The number of benzene rings is 2. The molecule has 4 nitrogen and oxygen atoms in total. The van der Waals surface area contributed by atoms with E-state index in [-0.39, 0.29) is 5.88 Å². The minimum atomic E-state index is 0.136. The van der Waals surface area contributed by atoms with Crippen LogP contribution in [-0.2, 0) is 0 Å². The quantitative estimate of drug-likeness (QED) is 0.714. The van der Waals surface area contributed by atoms with Crippen LogP contribution in [0.5, 0.6) is 11.6 Å². The van der Waals surface area contributed by atoms with E-state index in [1.165, 1.54) is 0 Å². The molecule has 4 heteroatoms. The predicted octanol–water partition coefficient (Wildman–Crippen LogP) is 3.94. The van der Waals surface area contributed by atoms with Gasteiger partial charge in [0.2, 0.25) is 0 Å². The second-order valence-electron chi connectivity index (χ2n) is 4.84. The Kier molecular flexibility index (Phi) is 3.36. The van der Waals surface area contributed by atoms with Gasteiger partial charge in [-0.3, -0.25) is 4.99 Å². The van der Waals surface area contributed by atoms with Crippen molar-refractivity contribution in [1.29, 1.82) is 0 Å². The van der Waals surface area contributed by atoms with Crippen molar-refractivity contribution in [3.8, 4) is 11.6 Å². The van der Waals surface area contributed by atoms with Gasteiger partial charge in [0.1, 0.15) is 5.75 Å². The van der Waals surface area contributed by atoms with Gasteiger partial charge in [-0.1, -0.05) is 12.1 Å². The highest BCUT2D eigenvalue weighted by atomic mass is 16.5. The van der Waals surface area contributed by atoms with Crippen LogP contribution in [0.2, 0.25) is 0 Å². The lowest BCUT2D eigenvalue weighted by Gasteiger charge is -1.99. The topological polar surface area (TPSA) is 57.6 Å². The van der Waals surface area contributed by atoms with Crippen molar-refractivity contribution >= 4 is 22.8 Å². The van der Waals surface area contributed by atoms with Crippen LogP contribution in [-0.4, -0.2) is 23.4 Å². The Morgan fingerprint density at radius 1 is 1.14 bits per heavy atom. The molecule has 0 bridgehead atoms. The van der Waals surface area contributed by atoms with Crippen LogP contribution in [0, 0.1) is 6.92 Å². The molecule has 3 aromatic rings. The molecule has 1 heterocycles. The predicted molar refractivity (Wildman–Crippen MR) is 84.9 cm³/mol. The van der Waals surface area contributed by atoms with Crippen LogP contribution in [0.4, 0.5) is 5.69 Å². The van der Waals surface area contributed by atoms with Gasteiger partial charge in [0.25, 0.3) is 0 Å². The van der Waals surface area contributed by atoms with E-state index < -0.39 is 0 Å². The monoisotopic (exact) mass is 280 g/mol. The van der Waals surface area contributed by atoms with E-state index in [0.717, 1.165) is 27.9 Å². The summed E-state index contributed by atoms with van der Waals surface area (Å²) in [5.41, 5.74) is 3.51. The number of nitrogens with zero attached hydrogens (tertiary/aromatic N) is 1. The Morgan fingerprint density at radius 2 is 1.90 bits per heavy atom. The van der Waals surface area contributed by atoms with Crippen LogP contribution in [0.25, 0.3) is 10.9 Å². The summed E-state index contributed by atoms with van der Waals surface area (Å²) in [7, 11) is 1.63. The standard InChI is InChI=1S/C17H16N2O2/c1-11-4-3-5-15-16(11)14(17(20)19-15)10-18-12-6-8-13(21-2)9-7-12/h3-10,19-20H,1-2H3. The number of H-pyrrole nitrogens is 1. The molecular formula is C17H16N2O2. The number of ether oxygens (including phenoxy) is 1. The van der Waals surface area contributed by atoms with Gasteiger partial charge in [-0.2, -0.15) is 0 Å². The third-order valence-corrected chi connectivity index (χ3v) is 3.47. The van der Waals surface area contributed by atoms with Crippen molar-refractivity contribution in [2.45, 2.75) is 6.92 Å². The number of fused-ring (bicyclic) bond motifs is 1. The first-order valence-electron chi connectivity index (χ1n) is 6.67. The van der Waals surface area contributed by atoms with Crippen molar-refractivity contribution in [2.75, 3.05) is 7.11 Å². The summed E-state index contributed by atoms with van der Waals surface area (Å²) in [6.45, 7) is 2.01. The first-order chi connectivity index (χ1) is 10.2. The second kappa shape index (κ2) is 5.32. The van der Waals surface area contributed by atoms with Crippen LogP contribution in [0.3, 0.4) is 0 Å². The summed E-state index contributed by atoms with van der Waals surface area (Å²) < 4.78 is 5.12. The lowest BCUT2D eigenvalue weighted by atomic mass is 10.1. The van der Waals surface area contributed by atoms with Crippen LogP contribution < -0.4 is 4.74 Å². The molecule has 2 N–H and O–H groups in total. The number of methoxy groups -OCH3 is 1. The molecule has 0 aliphatic heterocycles. The van der Waals surface area contributed by atoms with Gasteiger partial charge in [0.15, 0.2) is 5.88 Å². The summed E-state index contributed by atoms with van der Waals surface area (Å²) >= 11 is 0. The van der Waals surface area contributed by atoms with E-state index in [4.69, 9.17) is 4.74 Å². The third kappa shape index (κ3) is 2.48. The van der Waals surface area contributed by atoms with E-state index in [2.05, 4.69) is 9.98 Å². The average molecular weight is 280 g/mol. The van der Waals surface area contributed by atoms with Crippen LogP contribution in [0.15, 0.2) is 47.5 Å². The number of aromatic hydroxyl groups is 1. The van der Waals surface area contributed by atoms with Crippen LogP contribution >= 0.6 is 0 Å². The fraction of sp³-hybridized carbons (Fsp3) is 0.118. The number of aromatic nitrogens is 1. The number of hydrogen-bond acceptors (Lipinski definition) is 3. The van der Waals surface area contributed by atoms with E-state index in [9.17, 15) is 5.11 Å². The third-order valence-electron chi connectivity index (χ3n) is 3.47. The fourth-order valence-corrected chi connectivity index (χ4v) is 2.38. The number of nitrogens with one attached hydrogen (secondary N) is 1. The molecule has 2 aromatic carbocycles. The lowest BCUT2D eigenvalue weighted by molar-refractivity contribution is 0.415. The summed E-state index contributed by atoms with van der Waals surface area (Å²) in [4.78, 5) is 7.38. The van der Waals surface area contributed by atoms with Crippen molar-refractivity contribution in [2.24, 2.45) is 4.99 Å². The minimum absolute atomic E-state index is 0.136. The van der Waals surface area contributed by atoms with Crippen molar-refractivity contribution < 1.29 is 9.84 Å². The van der Waals surface area contributed by atoms with Crippen molar-refractivity contribution in [1.82, 2.24) is 4.98 Å². The van der Waals surface area contributed by atoms with Gasteiger partial charge in [0.05, 0.1) is 18.4 Å². The summed E-state index contributed by atoms with van der Waals surface area (Å²) in [6, 6.07) is 13.4. The van der Waals surface area contributed by atoms with Gasteiger partial charge in [0, 0.05) is 17.1 Å². The number of aliphatic imine (C=N–C) groups is 1. The molecule has 0 atom stereocenters. The Hall–Kier alpha value is -2.75. The molecular weight excluding hydrogens is 264 g/mol. The Bertz CT molecular complexity index is 802. The maximum absolute atomic E-state index is 10.1. The smallest absolute Gasteiger partial charge is 0.198 e. The fourth-order valence-electron chi connectivity index (χ4n) is 2.38. The van der Waals surface area contributed by atoms with E-state index in [0.29, 0.717) is 5.56 Å². The molecule has 1 aromatic heterocycles. The number of aryl methyl sites for hydroxylation is 1. The van der Waals surface area contributed by atoms with E-state index >= 15 is 0 Å². The molecule has 0 amide bonds. The van der Waals surface area contributed by atoms with Gasteiger partial charge >= 0.3 is 0 Å². The Morgan fingerprint density at radius 3 is 2.62 bits per heavy atom. The maximum Gasteiger partial charge on any atom is 0.198 e. The molecule has 3 rings (SSSR count). The molecule has 0 saturated carbocycles. The normalized spacial score (nSPS) is 11.3. The Balaban J connectivity index is 2.00. The zero-order valence-corrected chi connectivity index (χ0v) is 11.9. The molecule has 0 aliphatic rings. The zero-order chi connectivity index (χ0) is 14.8. The van der Waals surface area contributed by atoms with Gasteiger partial charge in [-0.05, 0) is 42.8 Å². The SMILES string of the molecule is COc1ccc(N=Cc2c(O)[nH]c3cccc(C)c23)cc1. The van der Waals surface area contributed by atoms with Crippen LogP contribution in [0.1, 0.15) is 11.1 Å². The first kappa shape index (κ1) is 13.2. The van der Waals surface area contributed by atoms with E-state index in [1.807, 2.05) is 49.4 Å². The second-order valence-corrected chi connectivity index (χ2v) is 4.84. The zero-order valence-electron chi connectivity index (χ0n) is 11.9. The molecule has 0 fully saturated rings. The van der Waals surface area contributed by atoms with Gasteiger partial charge in [-0.15, -0.1) is 0 Å². The van der Waals surface area contributed by atoms with Gasteiger partial charge in [-0.25, -0.2) is 0 Å². The summed E-state index contributed by atoms with van der Waals surface area (Å²) in [5.74, 6) is 0.927. The molecule has 0 saturated heterocycles.